The molecule has 3 unspecified atom stereocenters. The Kier molecular flexibility index (Phi) is 3.52. The molecule has 0 bridgehead atoms. The Labute approximate surface area is 175 Å². The number of carbonyl (C=O) groups is 2. The molecule has 0 aromatic rings. The van der Waals surface area contributed by atoms with Gasteiger partial charge in [-0.2, -0.15) is 0 Å². The van der Waals surface area contributed by atoms with E-state index < -0.39 is 5.60 Å². The molecular weight excluding hydrogens is 360 g/mol. The van der Waals surface area contributed by atoms with Crippen LogP contribution in [0.15, 0.2) is 0 Å². The lowest BCUT2D eigenvalue weighted by Crippen LogP contribution is -2.64. The van der Waals surface area contributed by atoms with E-state index in [1.807, 2.05) is 0 Å². The van der Waals surface area contributed by atoms with Crippen molar-refractivity contribution in [3.63, 3.8) is 0 Å². The fourth-order valence-electron chi connectivity index (χ4n) is 10.4. The fraction of sp³-hybridized carbons (Fsp3) is 0.923. The number of hydrogen-bond donors (Lipinski definition) is 1. The Morgan fingerprint density at radius 2 is 1.76 bits per heavy atom. The predicted octanol–water partition coefficient (Wildman–Crippen LogP) is 4.80. The normalized spacial score (nSPS) is 61.7. The van der Waals surface area contributed by atoms with Crippen LogP contribution in [-0.4, -0.2) is 22.3 Å². The lowest BCUT2D eigenvalue weighted by Gasteiger charge is -2.64. The molecule has 6 fully saturated rings. The summed E-state index contributed by atoms with van der Waals surface area (Å²) in [6.07, 6.45) is 8.76. The number of aliphatic hydroxyl groups is 1. The first-order chi connectivity index (χ1) is 13.6. The lowest BCUT2D eigenvalue weighted by atomic mass is 9.41. The van der Waals surface area contributed by atoms with Crippen molar-refractivity contribution in [3.8, 4) is 0 Å². The third-order valence-electron chi connectivity index (χ3n) is 12.2. The second-order valence-corrected chi connectivity index (χ2v) is 12.9. The first kappa shape index (κ1) is 19.0. The van der Waals surface area contributed by atoms with Crippen LogP contribution in [0.4, 0.5) is 0 Å². The highest BCUT2D eigenvalue weighted by Crippen LogP contribution is 2.84. The van der Waals surface area contributed by atoms with Crippen molar-refractivity contribution in [1.29, 1.82) is 0 Å². The number of carbonyl (C=O) groups excluding carboxylic acids is 2. The Morgan fingerprint density at radius 3 is 2.48 bits per heavy atom. The van der Waals surface area contributed by atoms with E-state index in [1.54, 1.807) is 6.92 Å². The zero-order chi connectivity index (χ0) is 20.6. The number of Topliss-reactive ketones (excluding diaryl/α,β-unsaturated/α-hetero) is 2. The molecule has 6 aliphatic rings. The predicted molar refractivity (Wildman–Crippen MR) is 111 cm³/mol. The summed E-state index contributed by atoms with van der Waals surface area (Å²) in [6, 6.07) is 0. The lowest BCUT2D eigenvalue weighted by molar-refractivity contribution is -0.216. The number of rotatable bonds is 3. The van der Waals surface area contributed by atoms with Gasteiger partial charge in [-0.15, -0.1) is 0 Å². The summed E-state index contributed by atoms with van der Waals surface area (Å²) in [5, 5.41) is 11.8. The summed E-state index contributed by atoms with van der Waals surface area (Å²) in [5.74, 6) is 5.40. The van der Waals surface area contributed by atoms with E-state index >= 15 is 0 Å². The quantitative estimate of drug-likeness (QED) is 0.743. The van der Waals surface area contributed by atoms with Gasteiger partial charge in [-0.05, 0) is 97.7 Å². The monoisotopic (exact) mass is 398 g/mol. The van der Waals surface area contributed by atoms with Crippen LogP contribution in [-0.2, 0) is 9.59 Å². The number of hydrogen-bond acceptors (Lipinski definition) is 3. The van der Waals surface area contributed by atoms with Crippen molar-refractivity contribution < 1.29 is 14.7 Å². The first-order valence-corrected chi connectivity index (χ1v) is 12.3. The third kappa shape index (κ3) is 2.05. The molecule has 0 spiro atoms. The maximum absolute atomic E-state index is 12.3. The summed E-state index contributed by atoms with van der Waals surface area (Å²) >= 11 is 0. The average Bonchev–Trinajstić information content (AvgIpc) is 3.54. The molecule has 0 saturated heterocycles. The summed E-state index contributed by atoms with van der Waals surface area (Å²) in [7, 11) is 0. The molecule has 0 aromatic carbocycles. The average molecular weight is 399 g/mol. The first-order valence-electron chi connectivity index (χ1n) is 12.3. The van der Waals surface area contributed by atoms with Gasteiger partial charge in [0.2, 0.25) is 0 Å². The number of ketones is 2. The molecule has 1 N–H and O–H groups in total. The molecule has 3 heteroatoms. The molecular formula is C26H38O3. The second kappa shape index (κ2) is 5.37. The molecule has 0 radical (unpaired) electrons. The minimum atomic E-state index is -0.735. The molecule has 6 saturated carbocycles. The van der Waals surface area contributed by atoms with E-state index in [0.717, 1.165) is 49.4 Å². The van der Waals surface area contributed by atoms with Crippen LogP contribution in [0.25, 0.3) is 0 Å². The van der Waals surface area contributed by atoms with E-state index in [-0.39, 0.29) is 11.2 Å². The molecule has 11 atom stereocenters. The van der Waals surface area contributed by atoms with Gasteiger partial charge < -0.3 is 9.90 Å². The van der Waals surface area contributed by atoms with E-state index in [1.165, 1.54) is 19.3 Å². The Bertz CT molecular complexity index is 804. The van der Waals surface area contributed by atoms with Crippen LogP contribution in [0, 0.1) is 57.7 Å². The minimum absolute atomic E-state index is 0.0761. The molecule has 6 aliphatic carbocycles. The smallest absolute Gasteiger partial charge is 0.135 e. The molecule has 6 rings (SSSR count). The molecule has 0 aliphatic heterocycles. The van der Waals surface area contributed by atoms with Gasteiger partial charge in [0.15, 0.2) is 0 Å². The van der Waals surface area contributed by atoms with Gasteiger partial charge in [0.1, 0.15) is 11.6 Å². The highest BCUT2D eigenvalue weighted by atomic mass is 16.3. The summed E-state index contributed by atoms with van der Waals surface area (Å²) < 4.78 is 0. The molecule has 0 heterocycles. The standard InChI is InChI=1S/C26H38O3/c1-14(27)5-8-23(2)19-12-17(19)22-21-16-11-20(16)26(29)13-15(28)6-9-24(26,3)18(21)7-10-25(22,23)4/h16-22,29H,5-13H2,1-4H3/t16-,17+,18?,19-,20+,21?,22?,23+,24+,25-,26+/m0/s1. The Balaban J connectivity index is 1.38. The summed E-state index contributed by atoms with van der Waals surface area (Å²) in [6.45, 7) is 9.19. The van der Waals surface area contributed by atoms with E-state index in [4.69, 9.17) is 0 Å². The molecule has 0 aromatic heterocycles. The third-order valence-corrected chi connectivity index (χ3v) is 12.2. The van der Waals surface area contributed by atoms with Gasteiger partial charge >= 0.3 is 0 Å². The van der Waals surface area contributed by atoms with E-state index in [2.05, 4.69) is 20.8 Å². The fourth-order valence-corrected chi connectivity index (χ4v) is 10.4. The Hall–Kier alpha value is -0.700. The van der Waals surface area contributed by atoms with Crippen molar-refractivity contribution in [1.82, 2.24) is 0 Å². The molecule has 29 heavy (non-hydrogen) atoms. The maximum Gasteiger partial charge on any atom is 0.135 e. The molecule has 0 amide bonds. The van der Waals surface area contributed by atoms with Crippen molar-refractivity contribution in [3.05, 3.63) is 0 Å². The zero-order valence-electron chi connectivity index (χ0n) is 18.7. The van der Waals surface area contributed by atoms with Gasteiger partial charge in [-0.25, -0.2) is 0 Å². The van der Waals surface area contributed by atoms with Gasteiger partial charge in [0, 0.05) is 24.7 Å². The van der Waals surface area contributed by atoms with Crippen LogP contribution >= 0.6 is 0 Å². The highest BCUT2D eigenvalue weighted by molar-refractivity contribution is 5.81. The Morgan fingerprint density at radius 1 is 1.03 bits per heavy atom. The van der Waals surface area contributed by atoms with Crippen molar-refractivity contribution in [2.75, 3.05) is 0 Å². The summed E-state index contributed by atoms with van der Waals surface area (Å²) in [5.41, 5.74) is -0.157. The van der Waals surface area contributed by atoms with Gasteiger partial charge in [-0.3, -0.25) is 4.79 Å². The van der Waals surface area contributed by atoms with Crippen molar-refractivity contribution in [2.24, 2.45) is 57.7 Å². The highest BCUT2D eigenvalue weighted by Gasteiger charge is 2.80. The van der Waals surface area contributed by atoms with Gasteiger partial charge in [0.25, 0.3) is 0 Å². The van der Waals surface area contributed by atoms with Crippen molar-refractivity contribution in [2.45, 2.75) is 91.1 Å². The maximum atomic E-state index is 12.3. The van der Waals surface area contributed by atoms with Crippen LogP contribution < -0.4 is 0 Å². The van der Waals surface area contributed by atoms with Crippen LogP contribution in [0.1, 0.15) is 85.5 Å². The zero-order valence-corrected chi connectivity index (χ0v) is 18.7. The van der Waals surface area contributed by atoms with Crippen LogP contribution in [0.2, 0.25) is 0 Å². The van der Waals surface area contributed by atoms with E-state index in [0.29, 0.717) is 47.2 Å². The minimum Gasteiger partial charge on any atom is -0.389 e. The summed E-state index contributed by atoms with van der Waals surface area (Å²) in [4.78, 5) is 24.1. The SMILES string of the molecule is CC(=O)CC[C@]1(C)[C@H]2C[C@H]2C2C3C(CC[C@@]21C)[C@@]1(C)CCC(=O)C[C@@]1(O)[C@@H]1C[C@H]31. The largest absolute Gasteiger partial charge is 0.389 e. The molecule has 3 nitrogen and oxygen atoms in total. The molecule has 160 valence electrons. The topological polar surface area (TPSA) is 54.4 Å². The van der Waals surface area contributed by atoms with Crippen molar-refractivity contribution >= 4 is 11.6 Å². The van der Waals surface area contributed by atoms with Crippen LogP contribution in [0.3, 0.4) is 0 Å². The van der Waals surface area contributed by atoms with Gasteiger partial charge in [0.05, 0.1) is 5.60 Å². The number of fused-ring (bicyclic) bond motifs is 10. The van der Waals surface area contributed by atoms with Gasteiger partial charge in [-0.1, -0.05) is 20.8 Å². The van der Waals surface area contributed by atoms with E-state index in [9.17, 15) is 14.7 Å². The van der Waals surface area contributed by atoms with Crippen LogP contribution in [0.5, 0.6) is 0 Å². The second-order valence-electron chi connectivity index (χ2n) is 12.9.